The van der Waals surface area contributed by atoms with Crippen LogP contribution in [0.15, 0.2) is 36.7 Å². The lowest BCUT2D eigenvalue weighted by atomic mass is 10.0. The lowest BCUT2D eigenvalue weighted by Crippen LogP contribution is -2.31. The number of hydrogen-bond donors (Lipinski definition) is 1. The first kappa shape index (κ1) is 17.1. The summed E-state index contributed by atoms with van der Waals surface area (Å²) in [5, 5.41) is 7.30. The fourth-order valence-corrected chi connectivity index (χ4v) is 2.66. The molecule has 1 aromatic carbocycles. The van der Waals surface area contributed by atoms with Crippen molar-refractivity contribution >= 4 is 11.6 Å². The van der Waals surface area contributed by atoms with Crippen LogP contribution >= 0.6 is 0 Å². The first-order chi connectivity index (χ1) is 12.0. The number of amides is 1. The fourth-order valence-electron chi connectivity index (χ4n) is 2.66. The number of likely N-dealkylation sites (N-methyl/N-ethyl adjacent to an activating group) is 1. The molecule has 1 amide bonds. The maximum atomic E-state index is 12.4. The Balaban J connectivity index is 1.94. The lowest BCUT2D eigenvalue weighted by Gasteiger charge is -2.10. The summed E-state index contributed by atoms with van der Waals surface area (Å²) in [6.45, 7) is 5.54. The van der Waals surface area contributed by atoms with Gasteiger partial charge in [0.05, 0.1) is 11.9 Å². The van der Waals surface area contributed by atoms with E-state index in [0.717, 1.165) is 17.8 Å². The van der Waals surface area contributed by atoms with Crippen molar-refractivity contribution in [1.82, 2.24) is 24.8 Å². The molecule has 0 fully saturated rings. The number of nitrogens with one attached hydrogen (secondary N) is 1. The van der Waals surface area contributed by atoms with Gasteiger partial charge >= 0.3 is 0 Å². The van der Waals surface area contributed by atoms with Crippen molar-refractivity contribution in [1.29, 1.82) is 0 Å². The van der Waals surface area contributed by atoms with E-state index in [2.05, 4.69) is 47.4 Å². The van der Waals surface area contributed by atoms with Gasteiger partial charge in [0, 0.05) is 24.8 Å². The predicted molar refractivity (Wildman–Crippen MR) is 98.8 cm³/mol. The predicted octanol–water partition coefficient (Wildman–Crippen LogP) is 2.30. The highest BCUT2D eigenvalue weighted by atomic mass is 16.1. The molecule has 0 saturated carbocycles. The molecule has 1 N–H and O–H groups in total. The monoisotopic (exact) mass is 337 g/mol. The molecule has 0 saturated heterocycles. The first-order valence-electron chi connectivity index (χ1n) is 8.30. The molecule has 0 aliphatic carbocycles. The summed E-state index contributed by atoms with van der Waals surface area (Å²) in [5.41, 5.74) is 5.49. The zero-order valence-electron chi connectivity index (χ0n) is 15.1. The van der Waals surface area contributed by atoms with E-state index in [1.54, 1.807) is 16.9 Å². The van der Waals surface area contributed by atoms with E-state index in [0.29, 0.717) is 17.8 Å². The summed E-state index contributed by atoms with van der Waals surface area (Å²) in [4.78, 5) is 18.8. The normalized spacial score (nSPS) is 11.2. The minimum absolute atomic E-state index is 0.151. The molecular formula is C19H23N5O. The highest BCUT2D eigenvalue weighted by Crippen LogP contribution is 2.23. The van der Waals surface area contributed by atoms with E-state index in [-0.39, 0.29) is 5.91 Å². The van der Waals surface area contributed by atoms with Gasteiger partial charge in [-0.15, -0.1) is 0 Å². The molecular weight excluding hydrogens is 314 g/mol. The second-order valence-corrected chi connectivity index (χ2v) is 6.48. The van der Waals surface area contributed by atoms with Crippen LogP contribution in [0.1, 0.15) is 21.5 Å². The van der Waals surface area contributed by atoms with Gasteiger partial charge in [-0.3, -0.25) is 4.79 Å². The summed E-state index contributed by atoms with van der Waals surface area (Å²) in [6.07, 6.45) is 3.30. The maximum absolute atomic E-state index is 12.4. The van der Waals surface area contributed by atoms with Gasteiger partial charge in [-0.2, -0.15) is 5.10 Å². The van der Waals surface area contributed by atoms with Gasteiger partial charge in [0.2, 0.25) is 0 Å². The maximum Gasteiger partial charge on any atom is 0.256 e. The molecule has 3 aromatic rings. The molecule has 0 bridgehead atoms. The van der Waals surface area contributed by atoms with E-state index in [9.17, 15) is 4.79 Å². The molecule has 0 radical (unpaired) electrons. The van der Waals surface area contributed by atoms with Crippen molar-refractivity contribution in [2.45, 2.75) is 13.8 Å². The Bertz CT molecular complexity index is 913. The third-order valence-corrected chi connectivity index (χ3v) is 4.29. The quantitative estimate of drug-likeness (QED) is 0.776. The summed E-state index contributed by atoms with van der Waals surface area (Å²) in [6, 6.07) is 8.20. The Labute approximate surface area is 147 Å². The second kappa shape index (κ2) is 7.03. The van der Waals surface area contributed by atoms with Gasteiger partial charge in [0.15, 0.2) is 5.65 Å². The van der Waals surface area contributed by atoms with Gasteiger partial charge in [-0.1, -0.05) is 12.1 Å². The molecule has 0 unspecified atom stereocenters. The highest BCUT2D eigenvalue weighted by Gasteiger charge is 2.16. The van der Waals surface area contributed by atoms with Crippen molar-refractivity contribution in [3.05, 3.63) is 53.3 Å². The van der Waals surface area contributed by atoms with E-state index < -0.39 is 0 Å². The Morgan fingerprint density at radius 1 is 1.20 bits per heavy atom. The third-order valence-electron chi connectivity index (χ3n) is 4.29. The van der Waals surface area contributed by atoms with Gasteiger partial charge in [0.25, 0.3) is 5.91 Å². The van der Waals surface area contributed by atoms with Crippen molar-refractivity contribution < 1.29 is 4.79 Å². The summed E-state index contributed by atoms with van der Waals surface area (Å²) in [7, 11) is 3.94. The van der Waals surface area contributed by atoms with Crippen LogP contribution in [0.5, 0.6) is 0 Å². The Kier molecular flexibility index (Phi) is 4.81. The average molecular weight is 337 g/mol. The number of carbonyl (C=O) groups excluding carboxylic acids is 1. The lowest BCUT2D eigenvalue weighted by molar-refractivity contribution is 0.0952. The molecule has 6 heteroatoms. The molecule has 0 aliphatic heterocycles. The van der Waals surface area contributed by atoms with Crippen LogP contribution in [0.3, 0.4) is 0 Å². The largest absolute Gasteiger partial charge is 0.351 e. The van der Waals surface area contributed by atoms with Gasteiger partial charge in [0.1, 0.15) is 5.56 Å². The van der Waals surface area contributed by atoms with E-state index in [4.69, 9.17) is 0 Å². The van der Waals surface area contributed by atoms with Crippen molar-refractivity contribution in [2.75, 3.05) is 27.2 Å². The van der Waals surface area contributed by atoms with Crippen LogP contribution in [0.2, 0.25) is 0 Å². The second-order valence-electron chi connectivity index (χ2n) is 6.48. The van der Waals surface area contributed by atoms with Crippen LogP contribution in [-0.4, -0.2) is 52.6 Å². The number of carbonyl (C=O) groups is 1. The van der Waals surface area contributed by atoms with Gasteiger partial charge < -0.3 is 10.2 Å². The van der Waals surface area contributed by atoms with E-state index >= 15 is 0 Å². The highest BCUT2D eigenvalue weighted by molar-refractivity contribution is 5.99. The van der Waals surface area contributed by atoms with Crippen LogP contribution in [0, 0.1) is 13.8 Å². The topological polar surface area (TPSA) is 62.5 Å². The molecule has 6 nitrogen and oxygen atoms in total. The minimum Gasteiger partial charge on any atom is -0.351 e. The Morgan fingerprint density at radius 2 is 2.00 bits per heavy atom. The standard InChI is InChI=1S/C19H23N5O/c1-13-5-6-15(11-14(13)2)17-7-8-20-18-16(12-22-24(17)18)19(25)21-9-10-23(3)4/h5-8,11-12H,9-10H2,1-4H3,(H,21,25). The van der Waals surface area contributed by atoms with Crippen molar-refractivity contribution in [3.8, 4) is 11.3 Å². The Hall–Kier alpha value is -2.73. The molecule has 0 atom stereocenters. The molecule has 0 aliphatic rings. The van der Waals surface area contributed by atoms with Crippen LogP contribution in [0.4, 0.5) is 0 Å². The summed E-state index contributed by atoms with van der Waals surface area (Å²) in [5.74, 6) is -0.151. The number of benzene rings is 1. The number of rotatable bonds is 5. The Morgan fingerprint density at radius 3 is 2.72 bits per heavy atom. The first-order valence-corrected chi connectivity index (χ1v) is 8.30. The van der Waals surface area contributed by atoms with E-state index in [1.165, 1.54) is 11.1 Å². The molecule has 2 aromatic heterocycles. The van der Waals surface area contributed by atoms with Crippen LogP contribution in [-0.2, 0) is 0 Å². The number of fused-ring (bicyclic) bond motifs is 1. The number of aryl methyl sites for hydroxylation is 2. The van der Waals surface area contributed by atoms with Crippen LogP contribution < -0.4 is 5.32 Å². The van der Waals surface area contributed by atoms with Crippen molar-refractivity contribution in [2.24, 2.45) is 0 Å². The van der Waals surface area contributed by atoms with E-state index in [1.807, 2.05) is 25.1 Å². The number of hydrogen-bond acceptors (Lipinski definition) is 4. The third kappa shape index (κ3) is 3.53. The zero-order chi connectivity index (χ0) is 18.0. The summed E-state index contributed by atoms with van der Waals surface area (Å²) < 4.78 is 1.73. The number of nitrogens with zero attached hydrogens (tertiary/aromatic N) is 4. The molecule has 130 valence electrons. The van der Waals surface area contributed by atoms with Gasteiger partial charge in [-0.25, -0.2) is 9.50 Å². The average Bonchev–Trinajstić information content (AvgIpc) is 3.01. The molecule has 3 rings (SSSR count). The zero-order valence-corrected chi connectivity index (χ0v) is 15.1. The SMILES string of the molecule is Cc1ccc(-c2ccnc3c(C(=O)NCCN(C)C)cnn23)cc1C. The fraction of sp³-hybridized carbons (Fsp3) is 0.316. The molecule has 25 heavy (non-hydrogen) atoms. The van der Waals surface area contributed by atoms with Crippen molar-refractivity contribution in [3.63, 3.8) is 0 Å². The van der Waals surface area contributed by atoms with Gasteiger partial charge in [-0.05, 0) is 51.2 Å². The minimum atomic E-state index is -0.151. The van der Waals surface area contributed by atoms with Crippen LogP contribution in [0.25, 0.3) is 16.9 Å². The molecule has 0 spiro atoms. The molecule has 2 heterocycles. The summed E-state index contributed by atoms with van der Waals surface area (Å²) >= 11 is 0. The number of aromatic nitrogens is 3. The smallest absolute Gasteiger partial charge is 0.256 e.